The van der Waals surface area contributed by atoms with Crippen molar-refractivity contribution in [2.24, 2.45) is 5.92 Å². The number of hydrogen-bond acceptors (Lipinski definition) is 2. The number of fused-ring (bicyclic) bond motifs is 1. The summed E-state index contributed by atoms with van der Waals surface area (Å²) in [5.74, 6) is 0.839. The van der Waals surface area contributed by atoms with Gasteiger partial charge < -0.3 is 5.32 Å². The number of piperazine rings is 1. The first kappa shape index (κ1) is 9.47. The maximum Gasteiger partial charge on any atom is 0.0226 e. The zero-order valence-corrected chi connectivity index (χ0v) is 8.92. The van der Waals surface area contributed by atoms with Crippen molar-refractivity contribution in [3.63, 3.8) is 0 Å². The number of nitrogens with zero attached hydrogens (tertiary/aromatic N) is 1. The smallest absolute Gasteiger partial charge is 0.0226 e. The molecule has 2 aliphatic rings. The van der Waals surface area contributed by atoms with Crippen LogP contribution in [0.15, 0.2) is 0 Å². The van der Waals surface area contributed by atoms with E-state index in [1.807, 2.05) is 0 Å². The van der Waals surface area contributed by atoms with Crippen molar-refractivity contribution in [2.45, 2.75) is 45.2 Å². The molecule has 2 atom stereocenters. The zero-order chi connectivity index (χ0) is 9.26. The third-order valence-corrected chi connectivity index (χ3v) is 3.40. The van der Waals surface area contributed by atoms with Gasteiger partial charge in [0, 0.05) is 25.2 Å². The molecular weight excluding hydrogens is 160 g/mol. The van der Waals surface area contributed by atoms with Crippen molar-refractivity contribution in [1.29, 1.82) is 0 Å². The van der Waals surface area contributed by atoms with Crippen LogP contribution in [0, 0.1) is 5.92 Å². The standard InChI is InChI=1S/C11H22N2/c1-9(2)6-11-8-12-7-10-4-3-5-13(10)11/h9-12H,3-8H2,1-2H3/t10-,11?/m0/s1. The van der Waals surface area contributed by atoms with Crippen molar-refractivity contribution >= 4 is 0 Å². The van der Waals surface area contributed by atoms with Gasteiger partial charge in [-0.15, -0.1) is 0 Å². The lowest BCUT2D eigenvalue weighted by molar-refractivity contribution is 0.121. The summed E-state index contributed by atoms with van der Waals surface area (Å²) in [6, 6.07) is 1.68. The molecule has 0 aromatic heterocycles. The van der Waals surface area contributed by atoms with E-state index >= 15 is 0 Å². The Labute approximate surface area is 81.7 Å². The van der Waals surface area contributed by atoms with Crippen LogP contribution in [0.3, 0.4) is 0 Å². The summed E-state index contributed by atoms with van der Waals surface area (Å²) in [5, 5.41) is 3.57. The van der Waals surface area contributed by atoms with Crippen LogP contribution < -0.4 is 5.32 Å². The van der Waals surface area contributed by atoms with Gasteiger partial charge in [0.25, 0.3) is 0 Å². The Balaban J connectivity index is 1.93. The molecule has 2 fully saturated rings. The third-order valence-electron chi connectivity index (χ3n) is 3.40. The Morgan fingerprint density at radius 2 is 2.23 bits per heavy atom. The van der Waals surface area contributed by atoms with Gasteiger partial charge in [0.15, 0.2) is 0 Å². The van der Waals surface area contributed by atoms with E-state index in [4.69, 9.17) is 0 Å². The Morgan fingerprint density at radius 1 is 1.38 bits per heavy atom. The number of hydrogen-bond donors (Lipinski definition) is 1. The van der Waals surface area contributed by atoms with Gasteiger partial charge in [0.2, 0.25) is 0 Å². The molecule has 0 amide bonds. The first-order valence-corrected chi connectivity index (χ1v) is 5.74. The van der Waals surface area contributed by atoms with E-state index in [0.717, 1.165) is 18.0 Å². The van der Waals surface area contributed by atoms with Crippen LogP contribution in [-0.4, -0.2) is 36.6 Å². The Morgan fingerprint density at radius 3 is 3.00 bits per heavy atom. The minimum absolute atomic E-state index is 0.821. The van der Waals surface area contributed by atoms with Crippen molar-refractivity contribution in [2.75, 3.05) is 19.6 Å². The van der Waals surface area contributed by atoms with Gasteiger partial charge >= 0.3 is 0 Å². The highest BCUT2D eigenvalue weighted by Gasteiger charge is 2.33. The molecule has 0 saturated carbocycles. The molecule has 1 N–H and O–H groups in total. The molecule has 0 aliphatic carbocycles. The van der Waals surface area contributed by atoms with Crippen LogP contribution in [0.4, 0.5) is 0 Å². The largest absolute Gasteiger partial charge is 0.314 e. The van der Waals surface area contributed by atoms with Gasteiger partial charge in [-0.2, -0.15) is 0 Å². The van der Waals surface area contributed by atoms with Gasteiger partial charge in [0.1, 0.15) is 0 Å². The molecule has 1 unspecified atom stereocenters. The summed E-state index contributed by atoms with van der Waals surface area (Å²) in [6.45, 7) is 8.46. The molecule has 2 aliphatic heterocycles. The number of rotatable bonds is 2. The van der Waals surface area contributed by atoms with E-state index in [9.17, 15) is 0 Å². The lowest BCUT2D eigenvalue weighted by Crippen LogP contribution is -2.54. The van der Waals surface area contributed by atoms with E-state index in [1.54, 1.807) is 0 Å². The van der Waals surface area contributed by atoms with Crippen LogP contribution in [0.1, 0.15) is 33.1 Å². The van der Waals surface area contributed by atoms with Crippen LogP contribution in [-0.2, 0) is 0 Å². The van der Waals surface area contributed by atoms with Crippen LogP contribution in [0.5, 0.6) is 0 Å². The molecule has 0 spiro atoms. The Hall–Kier alpha value is -0.0800. The van der Waals surface area contributed by atoms with Crippen LogP contribution in [0.25, 0.3) is 0 Å². The maximum atomic E-state index is 3.57. The average molecular weight is 182 g/mol. The van der Waals surface area contributed by atoms with Gasteiger partial charge in [0.05, 0.1) is 0 Å². The first-order chi connectivity index (χ1) is 6.27. The van der Waals surface area contributed by atoms with Crippen LogP contribution >= 0.6 is 0 Å². The normalized spacial score (nSPS) is 35.3. The summed E-state index contributed by atoms with van der Waals surface area (Å²) < 4.78 is 0. The topological polar surface area (TPSA) is 15.3 Å². The van der Waals surface area contributed by atoms with E-state index in [0.29, 0.717) is 0 Å². The average Bonchev–Trinajstić information content (AvgIpc) is 2.51. The fourth-order valence-electron chi connectivity index (χ4n) is 2.85. The van der Waals surface area contributed by atoms with Crippen LogP contribution in [0.2, 0.25) is 0 Å². The third kappa shape index (κ3) is 2.05. The number of nitrogens with one attached hydrogen (secondary N) is 1. The highest BCUT2D eigenvalue weighted by molar-refractivity contribution is 4.91. The van der Waals surface area contributed by atoms with E-state index in [-0.39, 0.29) is 0 Å². The first-order valence-electron chi connectivity index (χ1n) is 5.74. The molecule has 76 valence electrons. The fraction of sp³-hybridized carbons (Fsp3) is 1.00. The molecular formula is C11H22N2. The molecule has 13 heavy (non-hydrogen) atoms. The molecule has 0 bridgehead atoms. The van der Waals surface area contributed by atoms with Gasteiger partial charge in [-0.1, -0.05) is 13.8 Å². The van der Waals surface area contributed by atoms with Gasteiger partial charge in [-0.05, 0) is 31.7 Å². The highest BCUT2D eigenvalue weighted by atomic mass is 15.3. The second-order valence-electron chi connectivity index (χ2n) is 4.98. The molecule has 2 rings (SSSR count). The van der Waals surface area contributed by atoms with E-state index in [1.165, 1.54) is 38.9 Å². The molecule has 2 nitrogen and oxygen atoms in total. The zero-order valence-electron chi connectivity index (χ0n) is 8.92. The SMILES string of the molecule is CC(C)CC1CNC[C@@H]2CCCN12. The van der Waals surface area contributed by atoms with Crippen molar-refractivity contribution < 1.29 is 0 Å². The summed E-state index contributed by atoms with van der Waals surface area (Å²) in [7, 11) is 0. The Bertz CT molecular complexity index is 167. The minimum Gasteiger partial charge on any atom is -0.314 e. The van der Waals surface area contributed by atoms with Crippen molar-refractivity contribution in [3.05, 3.63) is 0 Å². The second kappa shape index (κ2) is 3.97. The molecule has 0 aromatic rings. The molecule has 2 heteroatoms. The van der Waals surface area contributed by atoms with Crippen molar-refractivity contribution in [1.82, 2.24) is 10.2 Å². The molecule has 2 heterocycles. The summed E-state index contributed by atoms with van der Waals surface area (Å²) >= 11 is 0. The second-order valence-corrected chi connectivity index (χ2v) is 4.98. The van der Waals surface area contributed by atoms with Crippen molar-refractivity contribution in [3.8, 4) is 0 Å². The maximum absolute atomic E-state index is 3.57. The van der Waals surface area contributed by atoms with Gasteiger partial charge in [-0.3, -0.25) is 4.90 Å². The predicted octanol–water partition coefficient (Wildman–Crippen LogP) is 1.47. The monoisotopic (exact) mass is 182 g/mol. The lowest BCUT2D eigenvalue weighted by atomic mass is 9.99. The summed E-state index contributed by atoms with van der Waals surface area (Å²) in [5.41, 5.74) is 0. The molecule has 0 radical (unpaired) electrons. The molecule has 0 aromatic carbocycles. The summed E-state index contributed by atoms with van der Waals surface area (Å²) in [6.07, 6.45) is 4.20. The minimum atomic E-state index is 0.821. The summed E-state index contributed by atoms with van der Waals surface area (Å²) in [4.78, 5) is 2.75. The molecule has 2 saturated heterocycles. The van der Waals surface area contributed by atoms with Gasteiger partial charge in [-0.25, -0.2) is 0 Å². The van der Waals surface area contributed by atoms with E-state index in [2.05, 4.69) is 24.1 Å². The highest BCUT2D eigenvalue weighted by Crippen LogP contribution is 2.25. The quantitative estimate of drug-likeness (QED) is 0.695. The van der Waals surface area contributed by atoms with E-state index < -0.39 is 0 Å². The fourth-order valence-corrected chi connectivity index (χ4v) is 2.85. The predicted molar refractivity (Wildman–Crippen MR) is 55.8 cm³/mol. The Kier molecular flexibility index (Phi) is 2.89. The lowest BCUT2D eigenvalue weighted by Gasteiger charge is -2.39.